The Balaban J connectivity index is 3.52. The molecule has 6 heteroatoms. The lowest BCUT2D eigenvalue weighted by Crippen LogP contribution is -2.39. The van der Waals surface area contributed by atoms with Crippen molar-refractivity contribution in [2.24, 2.45) is 5.73 Å². The molecule has 4 N–H and O–H groups in total. The number of aryl methyl sites for hydroxylation is 1. The summed E-state index contributed by atoms with van der Waals surface area (Å²) in [4.78, 5) is 24.5. The van der Waals surface area contributed by atoms with E-state index in [2.05, 4.69) is 11.9 Å². The number of carbonyl (C=O) groups excluding carboxylic acids is 1. The molecule has 27 heavy (non-hydrogen) atoms. The molecule has 0 heterocycles. The molecule has 0 bridgehead atoms. The first-order valence-electron chi connectivity index (χ1n) is 8.55. The highest BCUT2D eigenvalue weighted by Gasteiger charge is 2.21. The van der Waals surface area contributed by atoms with Crippen LogP contribution in [0.2, 0.25) is 0 Å². The summed E-state index contributed by atoms with van der Waals surface area (Å²) in [6.45, 7) is 13.9. The molecule has 1 aromatic rings. The van der Waals surface area contributed by atoms with Gasteiger partial charge in [0.05, 0.1) is 17.0 Å². The normalized spacial score (nSPS) is 12.5. The van der Waals surface area contributed by atoms with Crippen LogP contribution in [-0.4, -0.2) is 35.0 Å². The fourth-order valence-electron chi connectivity index (χ4n) is 2.51. The van der Waals surface area contributed by atoms with Crippen LogP contribution in [0, 0.1) is 13.8 Å². The third kappa shape index (κ3) is 5.23. The zero-order valence-corrected chi connectivity index (χ0v) is 16.9. The first-order chi connectivity index (χ1) is 12.4. The van der Waals surface area contributed by atoms with Gasteiger partial charge in [-0.2, -0.15) is 0 Å². The van der Waals surface area contributed by atoms with Gasteiger partial charge in [0.2, 0.25) is 6.41 Å². The van der Waals surface area contributed by atoms with Gasteiger partial charge < -0.3 is 21.1 Å². The Bertz CT molecular complexity index is 815. The number of rotatable bonds is 7. The van der Waals surface area contributed by atoms with E-state index in [9.17, 15) is 14.7 Å². The van der Waals surface area contributed by atoms with Gasteiger partial charge in [0, 0.05) is 18.8 Å². The van der Waals surface area contributed by atoms with Gasteiger partial charge in [-0.1, -0.05) is 6.58 Å². The molecule has 0 unspecified atom stereocenters. The van der Waals surface area contributed by atoms with Gasteiger partial charge in [-0.05, 0) is 75.1 Å². The summed E-state index contributed by atoms with van der Waals surface area (Å²) >= 11 is 0. The summed E-state index contributed by atoms with van der Waals surface area (Å²) in [6.07, 6.45) is 3.67. The Hall–Kier alpha value is -3.02. The van der Waals surface area contributed by atoms with Crippen molar-refractivity contribution in [2.75, 3.05) is 7.05 Å². The van der Waals surface area contributed by atoms with E-state index in [0.29, 0.717) is 28.9 Å². The minimum absolute atomic E-state index is 0.177. The van der Waals surface area contributed by atoms with E-state index in [0.717, 1.165) is 11.1 Å². The lowest BCUT2D eigenvalue weighted by Gasteiger charge is -2.36. The van der Waals surface area contributed by atoms with Gasteiger partial charge in [-0.25, -0.2) is 4.79 Å². The zero-order valence-electron chi connectivity index (χ0n) is 16.9. The highest BCUT2D eigenvalue weighted by molar-refractivity contribution is 5.90. The van der Waals surface area contributed by atoms with Crippen molar-refractivity contribution in [1.29, 1.82) is 0 Å². The first kappa shape index (κ1) is 22.0. The van der Waals surface area contributed by atoms with Gasteiger partial charge in [-0.3, -0.25) is 4.79 Å². The Morgan fingerprint density at radius 2 is 1.89 bits per heavy atom. The number of aromatic carboxylic acids is 1. The largest absolute Gasteiger partial charge is 0.478 e. The second-order valence-corrected chi connectivity index (χ2v) is 7.39. The SMILES string of the molecule is C=C(/C(=C\C(=C/N)c1cc(C(=O)O)cc(C)c1C)NC=O)N(C)C(C)(C)C. The molecule has 0 aliphatic rings. The third-order valence-corrected chi connectivity index (χ3v) is 4.64. The summed E-state index contributed by atoms with van der Waals surface area (Å²) in [5, 5.41) is 12.0. The number of hydrogen-bond donors (Lipinski definition) is 3. The molecule has 6 nitrogen and oxygen atoms in total. The summed E-state index contributed by atoms with van der Waals surface area (Å²) < 4.78 is 0. The van der Waals surface area contributed by atoms with Crippen LogP contribution >= 0.6 is 0 Å². The van der Waals surface area contributed by atoms with Crippen LogP contribution in [0.15, 0.2) is 42.4 Å². The van der Waals surface area contributed by atoms with E-state index >= 15 is 0 Å². The number of carbonyl (C=O) groups is 2. The van der Waals surface area contributed by atoms with Gasteiger partial charge in [0.25, 0.3) is 0 Å². The molecule has 1 rings (SSSR count). The number of nitrogens with two attached hydrogens (primary N) is 1. The molecule has 0 fully saturated rings. The number of benzene rings is 1. The molecule has 0 radical (unpaired) electrons. The number of carboxylic acids is 1. The maximum absolute atomic E-state index is 11.4. The van der Waals surface area contributed by atoms with Crippen molar-refractivity contribution in [3.63, 3.8) is 0 Å². The predicted octanol–water partition coefficient (Wildman–Crippen LogP) is 3.18. The molecule has 0 aliphatic carbocycles. The molecular weight excluding hydrogens is 342 g/mol. The molecule has 0 saturated heterocycles. The van der Waals surface area contributed by atoms with Crippen molar-refractivity contribution in [3.05, 3.63) is 64.6 Å². The fourth-order valence-corrected chi connectivity index (χ4v) is 2.51. The number of carboxylic acid groups (broad SMARTS) is 1. The number of likely N-dealkylation sites (N-methyl/N-ethyl adjacent to an activating group) is 1. The summed E-state index contributed by atoms with van der Waals surface area (Å²) in [6, 6.07) is 3.20. The van der Waals surface area contributed by atoms with Crippen molar-refractivity contribution >= 4 is 18.0 Å². The van der Waals surface area contributed by atoms with E-state index in [1.807, 2.05) is 46.6 Å². The average Bonchev–Trinajstić information content (AvgIpc) is 2.58. The van der Waals surface area contributed by atoms with Crippen LogP contribution < -0.4 is 11.1 Å². The Morgan fingerprint density at radius 1 is 1.30 bits per heavy atom. The van der Waals surface area contributed by atoms with E-state index in [1.54, 1.807) is 18.2 Å². The smallest absolute Gasteiger partial charge is 0.335 e. The lowest BCUT2D eigenvalue weighted by atomic mass is 9.93. The molecule has 1 aromatic carbocycles. The van der Waals surface area contributed by atoms with Crippen molar-refractivity contribution < 1.29 is 14.7 Å². The van der Waals surface area contributed by atoms with Crippen LogP contribution in [0.4, 0.5) is 0 Å². The van der Waals surface area contributed by atoms with Crippen molar-refractivity contribution in [1.82, 2.24) is 10.2 Å². The first-order valence-corrected chi connectivity index (χ1v) is 8.55. The molecule has 0 aliphatic heterocycles. The fraction of sp³-hybridized carbons (Fsp3) is 0.333. The van der Waals surface area contributed by atoms with E-state index in [4.69, 9.17) is 5.73 Å². The van der Waals surface area contributed by atoms with Crippen LogP contribution in [-0.2, 0) is 4.79 Å². The number of amides is 1. The zero-order chi connectivity index (χ0) is 20.9. The minimum atomic E-state index is -1.01. The second-order valence-electron chi connectivity index (χ2n) is 7.39. The average molecular weight is 371 g/mol. The monoisotopic (exact) mass is 371 g/mol. The maximum atomic E-state index is 11.4. The minimum Gasteiger partial charge on any atom is -0.478 e. The van der Waals surface area contributed by atoms with Crippen LogP contribution in [0.3, 0.4) is 0 Å². The third-order valence-electron chi connectivity index (χ3n) is 4.64. The number of allylic oxidation sites excluding steroid dienone is 2. The quantitative estimate of drug-likeness (QED) is 0.505. The highest BCUT2D eigenvalue weighted by Crippen LogP contribution is 2.27. The summed E-state index contributed by atoms with van der Waals surface area (Å²) in [5.74, 6) is -1.01. The van der Waals surface area contributed by atoms with Gasteiger partial charge >= 0.3 is 5.97 Å². The van der Waals surface area contributed by atoms with Gasteiger partial charge in [0.15, 0.2) is 0 Å². The van der Waals surface area contributed by atoms with E-state index in [1.165, 1.54) is 6.20 Å². The molecule has 1 amide bonds. The Kier molecular flexibility index (Phi) is 6.99. The Morgan fingerprint density at radius 3 is 2.33 bits per heavy atom. The lowest BCUT2D eigenvalue weighted by molar-refractivity contribution is -0.108. The number of nitrogens with zero attached hydrogens (tertiary/aromatic N) is 1. The molecule has 0 atom stereocenters. The van der Waals surface area contributed by atoms with Crippen LogP contribution in [0.1, 0.15) is 47.8 Å². The van der Waals surface area contributed by atoms with Crippen LogP contribution in [0.25, 0.3) is 5.57 Å². The van der Waals surface area contributed by atoms with Crippen LogP contribution in [0.5, 0.6) is 0 Å². The van der Waals surface area contributed by atoms with E-state index < -0.39 is 5.97 Å². The predicted molar refractivity (Wildman–Crippen MR) is 109 cm³/mol. The van der Waals surface area contributed by atoms with Gasteiger partial charge in [0.1, 0.15) is 0 Å². The van der Waals surface area contributed by atoms with E-state index in [-0.39, 0.29) is 11.1 Å². The number of nitrogens with one attached hydrogen (secondary N) is 1. The molecular formula is C21H29N3O3. The standard InChI is InChI=1S/C21H29N3O3/c1-13-8-16(20(26)27)9-18(14(13)2)17(11-22)10-19(23-12-25)15(3)24(7)21(4,5)6/h8-12H,3,22H2,1-2,4-7H3,(H,23,25)(H,26,27)/b17-11+,19-10+. The second kappa shape index (κ2) is 8.58. The molecule has 0 spiro atoms. The highest BCUT2D eigenvalue weighted by atomic mass is 16.4. The summed E-state index contributed by atoms with van der Waals surface area (Å²) in [5.41, 5.74) is 9.93. The molecule has 0 aromatic heterocycles. The molecule has 146 valence electrons. The topological polar surface area (TPSA) is 95.7 Å². The summed E-state index contributed by atoms with van der Waals surface area (Å²) in [7, 11) is 1.88. The van der Waals surface area contributed by atoms with Crippen molar-refractivity contribution in [3.8, 4) is 0 Å². The number of hydrogen-bond acceptors (Lipinski definition) is 4. The molecule has 0 saturated carbocycles. The maximum Gasteiger partial charge on any atom is 0.335 e. The van der Waals surface area contributed by atoms with Crippen molar-refractivity contribution in [2.45, 2.75) is 40.2 Å². The van der Waals surface area contributed by atoms with Gasteiger partial charge in [-0.15, -0.1) is 0 Å². The Labute approximate surface area is 161 Å².